The van der Waals surface area contributed by atoms with Gasteiger partial charge in [0.05, 0.1) is 5.69 Å². The SMILES string of the molecule is CCCCCN(C)Cc1c(C)nn(C)c1NN. The lowest BCUT2D eigenvalue weighted by Crippen LogP contribution is -2.21. The highest BCUT2D eigenvalue weighted by atomic mass is 15.4. The molecule has 17 heavy (non-hydrogen) atoms. The fraction of sp³-hybridized carbons (Fsp3) is 0.750. The Morgan fingerprint density at radius 2 is 2.12 bits per heavy atom. The zero-order chi connectivity index (χ0) is 12.8. The summed E-state index contributed by atoms with van der Waals surface area (Å²) < 4.78 is 1.80. The summed E-state index contributed by atoms with van der Waals surface area (Å²) in [6, 6.07) is 0. The Kier molecular flexibility index (Phi) is 5.44. The van der Waals surface area contributed by atoms with Crippen LogP contribution in [0.2, 0.25) is 0 Å². The number of hydrogen-bond acceptors (Lipinski definition) is 4. The van der Waals surface area contributed by atoms with Gasteiger partial charge in [0.1, 0.15) is 5.82 Å². The normalized spacial score (nSPS) is 11.2. The van der Waals surface area contributed by atoms with Crippen molar-refractivity contribution < 1.29 is 0 Å². The number of hydrazine groups is 1. The summed E-state index contributed by atoms with van der Waals surface area (Å²) in [7, 11) is 4.05. The van der Waals surface area contributed by atoms with Crippen LogP contribution in [0.4, 0.5) is 5.82 Å². The molecule has 3 N–H and O–H groups in total. The van der Waals surface area contributed by atoms with Gasteiger partial charge < -0.3 is 10.3 Å². The fourth-order valence-electron chi connectivity index (χ4n) is 2.05. The first-order valence-electron chi connectivity index (χ1n) is 6.27. The summed E-state index contributed by atoms with van der Waals surface area (Å²) in [5.41, 5.74) is 4.96. The first-order chi connectivity index (χ1) is 8.10. The molecule has 98 valence electrons. The minimum atomic E-state index is 0.892. The standard InChI is InChI=1S/C12H25N5/c1-5-6-7-8-16(3)9-11-10(2)15-17(4)12(11)14-13/h14H,5-9,13H2,1-4H3. The number of nitrogens with zero attached hydrogens (tertiary/aromatic N) is 3. The predicted octanol–water partition coefficient (Wildman–Crippen LogP) is 1.64. The second kappa shape index (κ2) is 6.61. The maximum Gasteiger partial charge on any atom is 0.142 e. The lowest BCUT2D eigenvalue weighted by molar-refractivity contribution is 0.318. The Bertz CT molecular complexity index is 345. The van der Waals surface area contributed by atoms with Crippen molar-refractivity contribution in [3.63, 3.8) is 0 Å². The van der Waals surface area contributed by atoms with Crippen LogP contribution in [0, 0.1) is 6.92 Å². The monoisotopic (exact) mass is 239 g/mol. The number of aromatic nitrogens is 2. The maximum absolute atomic E-state index is 5.53. The Balaban J connectivity index is 2.61. The largest absolute Gasteiger partial charge is 0.308 e. The molecule has 0 radical (unpaired) electrons. The Morgan fingerprint density at radius 1 is 1.41 bits per heavy atom. The number of anilines is 1. The average Bonchev–Trinajstić information content (AvgIpc) is 2.54. The van der Waals surface area contributed by atoms with Crippen LogP contribution in [-0.2, 0) is 13.6 Å². The summed E-state index contributed by atoms with van der Waals surface area (Å²) in [6.45, 7) is 6.26. The van der Waals surface area contributed by atoms with E-state index in [1.165, 1.54) is 24.8 Å². The summed E-state index contributed by atoms with van der Waals surface area (Å²) in [6.07, 6.45) is 3.80. The molecule has 0 spiro atoms. The second-order valence-corrected chi connectivity index (χ2v) is 4.63. The van der Waals surface area contributed by atoms with E-state index >= 15 is 0 Å². The highest BCUT2D eigenvalue weighted by molar-refractivity contribution is 5.46. The number of nitrogens with two attached hydrogens (primary N) is 1. The average molecular weight is 239 g/mol. The van der Waals surface area contributed by atoms with Crippen molar-refractivity contribution in [2.75, 3.05) is 19.0 Å². The molecule has 0 bridgehead atoms. The summed E-state index contributed by atoms with van der Waals surface area (Å²) in [5.74, 6) is 6.44. The third kappa shape index (κ3) is 3.71. The Hall–Kier alpha value is -1.07. The molecule has 0 amide bonds. The molecule has 1 rings (SSSR count). The van der Waals surface area contributed by atoms with Gasteiger partial charge in [-0.1, -0.05) is 19.8 Å². The van der Waals surface area contributed by atoms with E-state index in [4.69, 9.17) is 5.84 Å². The lowest BCUT2D eigenvalue weighted by Gasteiger charge is -2.17. The molecular weight excluding hydrogens is 214 g/mol. The Labute approximate surface area is 104 Å². The molecule has 0 aliphatic rings. The lowest BCUT2D eigenvalue weighted by atomic mass is 10.2. The van der Waals surface area contributed by atoms with Crippen LogP contribution < -0.4 is 11.3 Å². The van der Waals surface area contributed by atoms with Gasteiger partial charge in [-0.3, -0.25) is 4.68 Å². The summed E-state index contributed by atoms with van der Waals surface area (Å²) >= 11 is 0. The van der Waals surface area contributed by atoms with Crippen LogP contribution in [0.3, 0.4) is 0 Å². The van der Waals surface area contributed by atoms with Crippen LogP contribution in [0.1, 0.15) is 37.4 Å². The topological polar surface area (TPSA) is 59.1 Å². The van der Waals surface area contributed by atoms with E-state index in [9.17, 15) is 0 Å². The molecule has 0 aliphatic heterocycles. The van der Waals surface area contributed by atoms with Crippen molar-refractivity contribution in [2.24, 2.45) is 12.9 Å². The number of nitrogens with one attached hydrogen (secondary N) is 1. The van der Waals surface area contributed by atoms with Crippen LogP contribution in [0.25, 0.3) is 0 Å². The summed E-state index contributed by atoms with van der Waals surface area (Å²) in [5, 5.41) is 4.38. The summed E-state index contributed by atoms with van der Waals surface area (Å²) in [4.78, 5) is 2.32. The van der Waals surface area contributed by atoms with Crippen LogP contribution in [-0.4, -0.2) is 28.3 Å². The van der Waals surface area contributed by atoms with Crippen molar-refractivity contribution in [3.05, 3.63) is 11.3 Å². The van der Waals surface area contributed by atoms with Gasteiger partial charge in [0.15, 0.2) is 0 Å². The van der Waals surface area contributed by atoms with E-state index in [0.29, 0.717) is 0 Å². The number of nitrogen functional groups attached to an aromatic ring is 1. The zero-order valence-electron chi connectivity index (χ0n) is 11.5. The number of rotatable bonds is 7. The molecule has 0 saturated carbocycles. The number of unbranched alkanes of at least 4 members (excludes halogenated alkanes) is 2. The smallest absolute Gasteiger partial charge is 0.142 e. The van der Waals surface area contributed by atoms with Crippen molar-refractivity contribution >= 4 is 5.82 Å². The first kappa shape index (κ1) is 14.0. The van der Waals surface area contributed by atoms with Crippen molar-refractivity contribution in [1.82, 2.24) is 14.7 Å². The minimum Gasteiger partial charge on any atom is -0.308 e. The van der Waals surface area contributed by atoms with Gasteiger partial charge in [-0.15, -0.1) is 0 Å². The van der Waals surface area contributed by atoms with Gasteiger partial charge >= 0.3 is 0 Å². The van der Waals surface area contributed by atoms with Crippen LogP contribution in [0.15, 0.2) is 0 Å². The molecule has 0 fully saturated rings. The fourth-order valence-corrected chi connectivity index (χ4v) is 2.05. The third-order valence-corrected chi connectivity index (χ3v) is 3.05. The third-order valence-electron chi connectivity index (χ3n) is 3.05. The Morgan fingerprint density at radius 3 is 2.71 bits per heavy atom. The van der Waals surface area contributed by atoms with E-state index in [-0.39, 0.29) is 0 Å². The maximum atomic E-state index is 5.53. The van der Waals surface area contributed by atoms with E-state index in [2.05, 4.69) is 29.4 Å². The van der Waals surface area contributed by atoms with E-state index in [1.54, 1.807) is 4.68 Å². The quantitative estimate of drug-likeness (QED) is 0.431. The first-order valence-corrected chi connectivity index (χ1v) is 6.27. The number of hydrogen-bond donors (Lipinski definition) is 2. The molecule has 0 unspecified atom stereocenters. The van der Waals surface area contributed by atoms with E-state index in [1.807, 2.05) is 14.0 Å². The molecule has 0 aromatic carbocycles. The van der Waals surface area contributed by atoms with Gasteiger partial charge in [-0.05, 0) is 26.9 Å². The van der Waals surface area contributed by atoms with Crippen molar-refractivity contribution in [3.8, 4) is 0 Å². The van der Waals surface area contributed by atoms with Gasteiger partial charge in [0.25, 0.3) is 0 Å². The van der Waals surface area contributed by atoms with Gasteiger partial charge in [0, 0.05) is 19.2 Å². The van der Waals surface area contributed by atoms with E-state index in [0.717, 1.165) is 24.6 Å². The molecular formula is C12H25N5. The molecule has 5 nitrogen and oxygen atoms in total. The molecule has 0 atom stereocenters. The zero-order valence-corrected chi connectivity index (χ0v) is 11.5. The minimum absolute atomic E-state index is 0.892. The van der Waals surface area contributed by atoms with Gasteiger partial charge in [-0.25, -0.2) is 5.84 Å². The highest BCUT2D eigenvalue weighted by Gasteiger charge is 2.13. The van der Waals surface area contributed by atoms with Crippen molar-refractivity contribution in [2.45, 2.75) is 39.7 Å². The van der Waals surface area contributed by atoms with Gasteiger partial charge in [-0.2, -0.15) is 5.10 Å². The van der Waals surface area contributed by atoms with Crippen LogP contribution in [0.5, 0.6) is 0 Å². The van der Waals surface area contributed by atoms with Crippen molar-refractivity contribution in [1.29, 1.82) is 0 Å². The molecule has 0 saturated heterocycles. The second-order valence-electron chi connectivity index (χ2n) is 4.63. The predicted molar refractivity (Wildman–Crippen MR) is 71.6 cm³/mol. The molecule has 1 aromatic rings. The molecule has 0 aliphatic carbocycles. The number of aryl methyl sites for hydroxylation is 2. The molecule has 1 aromatic heterocycles. The van der Waals surface area contributed by atoms with Gasteiger partial charge in [0.2, 0.25) is 0 Å². The molecule has 5 heteroatoms. The van der Waals surface area contributed by atoms with E-state index < -0.39 is 0 Å². The highest BCUT2D eigenvalue weighted by Crippen LogP contribution is 2.19. The molecule has 1 heterocycles. The van der Waals surface area contributed by atoms with Crippen LogP contribution >= 0.6 is 0 Å².